The monoisotopic (exact) mass is 239 g/mol. The van der Waals surface area contributed by atoms with Gasteiger partial charge in [-0.1, -0.05) is 13.3 Å². The van der Waals surface area contributed by atoms with Crippen molar-refractivity contribution in [1.29, 1.82) is 0 Å². The Bertz CT molecular complexity index is 290. The van der Waals surface area contributed by atoms with Crippen LogP contribution in [0.1, 0.15) is 39.5 Å². The molecule has 1 aliphatic heterocycles. The van der Waals surface area contributed by atoms with E-state index in [-0.39, 0.29) is 6.61 Å². The second kappa shape index (κ2) is 4.22. The molecule has 3 fully saturated rings. The van der Waals surface area contributed by atoms with Gasteiger partial charge in [0.05, 0.1) is 6.10 Å². The number of hydrogen-bond donors (Lipinski definition) is 2. The molecule has 1 spiro atoms. The van der Waals surface area contributed by atoms with Crippen LogP contribution in [0, 0.1) is 17.3 Å². The normalized spacial score (nSPS) is 41.5. The quantitative estimate of drug-likeness (QED) is 0.782. The van der Waals surface area contributed by atoms with Crippen LogP contribution in [0.2, 0.25) is 0 Å². The van der Waals surface area contributed by atoms with Crippen molar-refractivity contribution >= 4 is 0 Å². The Morgan fingerprint density at radius 3 is 2.76 bits per heavy atom. The van der Waals surface area contributed by atoms with E-state index < -0.39 is 0 Å². The van der Waals surface area contributed by atoms with Gasteiger partial charge >= 0.3 is 0 Å². The van der Waals surface area contributed by atoms with Gasteiger partial charge in [0, 0.05) is 36.6 Å². The van der Waals surface area contributed by atoms with Gasteiger partial charge in [0.25, 0.3) is 0 Å². The van der Waals surface area contributed by atoms with Crippen LogP contribution in [-0.4, -0.2) is 36.5 Å². The zero-order valence-corrected chi connectivity index (χ0v) is 11.0. The van der Waals surface area contributed by atoms with Gasteiger partial charge in [-0.3, -0.25) is 0 Å². The molecule has 0 aromatic heterocycles. The van der Waals surface area contributed by atoms with Crippen molar-refractivity contribution in [2.45, 2.75) is 57.7 Å². The van der Waals surface area contributed by atoms with E-state index in [2.05, 4.69) is 19.2 Å². The number of hydrogen-bond acceptors (Lipinski definition) is 3. The summed E-state index contributed by atoms with van der Waals surface area (Å²) >= 11 is 0. The maximum Gasteiger partial charge on any atom is 0.0690 e. The molecular weight excluding hydrogens is 214 g/mol. The van der Waals surface area contributed by atoms with Crippen LogP contribution in [0.3, 0.4) is 0 Å². The molecule has 2 saturated carbocycles. The minimum Gasteiger partial charge on any atom is -0.396 e. The fourth-order valence-corrected chi connectivity index (χ4v) is 4.10. The summed E-state index contributed by atoms with van der Waals surface area (Å²) in [5.74, 6) is 1.08. The third kappa shape index (κ3) is 1.59. The first-order chi connectivity index (χ1) is 8.19. The van der Waals surface area contributed by atoms with Crippen LogP contribution in [0.5, 0.6) is 0 Å². The molecule has 0 radical (unpaired) electrons. The fourth-order valence-electron chi connectivity index (χ4n) is 4.10. The minimum absolute atomic E-state index is 0.276. The summed E-state index contributed by atoms with van der Waals surface area (Å²) in [4.78, 5) is 0. The lowest BCUT2D eigenvalue weighted by Gasteiger charge is -2.64. The third-order valence-electron chi connectivity index (χ3n) is 5.62. The van der Waals surface area contributed by atoms with E-state index in [0.29, 0.717) is 29.5 Å². The first-order valence-electron chi connectivity index (χ1n) is 7.17. The molecule has 1 heterocycles. The Morgan fingerprint density at radius 1 is 1.41 bits per heavy atom. The highest BCUT2D eigenvalue weighted by Crippen LogP contribution is 2.62. The summed E-state index contributed by atoms with van der Waals surface area (Å²) in [5, 5.41) is 13.0. The minimum atomic E-state index is 0.276. The van der Waals surface area contributed by atoms with E-state index in [1.165, 1.54) is 25.7 Å². The SMILES string of the molecule is CC(CO)C(C)NC1C2CCOC2C12CCC2. The van der Waals surface area contributed by atoms with Crippen molar-refractivity contribution in [3.8, 4) is 0 Å². The first kappa shape index (κ1) is 11.9. The van der Waals surface area contributed by atoms with E-state index in [9.17, 15) is 5.11 Å². The van der Waals surface area contributed by atoms with E-state index >= 15 is 0 Å². The molecule has 2 aliphatic carbocycles. The molecule has 2 N–H and O–H groups in total. The van der Waals surface area contributed by atoms with Crippen molar-refractivity contribution in [1.82, 2.24) is 5.32 Å². The van der Waals surface area contributed by atoms with Crippen molar-refractivity contribution in [2.75, 3.05) is 13.2 Å². The Balaban J connectivity index is 1.66. The van der Waals surface area contributed by atoms with E-state index in [1.54, 1.807) is 0 Å². The molecule has 0 aromatic rings. The van der Waals surface area contributed by atoms with Crippen molar-refractivity contribution in [3.63, 3.8) is 0 Å². The molecular formula is C14H25NO2. The second-order valence-electron chi connectivity index (χ2n) is 6.42. The maximum atomic E-state index is 9.23. The summed E-state index contributed by atoms with van der Waals surface area (Å²) < 4.78 is 5.92. The van der Waals surface area contributed by atoms with Gasteiger partial charge in [-0.2, -0.15) is 0 Å². The number of nitrogens with one attached hydrogen (secondary N) is 1. The summed E-state index contributed by atoms with van der Waals surface area (Å²) in [6.07, 6.45) is 5.82. The number of aliphatic hydroxyl groups excluding tert-OH is 1. The van der Waals surface area contributed by atoms with Gasteiger partial charge in [0.15, 0.2) is 0 Å². The Morgan fingerprint density at radius 2 is 2.18 bits per heavy atom. The summed E-state index contributed by atoms with van der Waals surface area (Å²) in [6, 6.07) is 1.05. The molecule has 3 rings (SSSR count). The lowest BCUT2D eigenvalue weighted by Crippen LogP contribution is -2.72. The largest absolute Gasteiger partial charge is 0.396 e. The first-order valence-corrected chi connectivity index (χ1v) is 7.17. The number of fused-ring (bicyclic) bond motifs is 2. The van der Waals surface area contributed by atoms with E-state index in [1.807, 2.05) is 0 Å². The zero-order chi connectivity index (χ0) is 12.0. The van der Waals surface area contributed by atoms with Gasteiger partial charge in [-0.25, -0.2) is 0 Å². The number of ether oxygens (including phenoxy) is 1. The van der Waals surface area contributed by atoms with Crippen molar-refractivity contribution < 1.29 is 9.84 Å². The molecule has 17 heavy (non-hydrogen) atoms. The van der Waals surface area contributed by atoms with Crippen LogP contribution < -0.4 is 5.32 Å². The Hall–Kier alpha value is -0.120. The summed E-state index contributed by atoms with van der Waals surface area (Å²) in [5.41, 5.74) is 0.463. The van der Waals surface area contributed by atoms with Gasteiger partial charge in [-0.05, 0) is 32.1 Å². The van der Waals surface area contributed by atoms with Crippen LogP contribution in [0.4, 0.5) is 0 Å². The van der Waals surface area contributed by atoms with Gasteiger partial charge in [0.1, 0.15) is 0 Å². The van der Waals surface area contributed by atoms with Gasteiger partial charge in [-0.15, -0.1) is 0 Å². The highest BCUT2D eigenvalue weighted by Gasteiger charge is 2.66. The lowest BCUT2D eigenvalue weighted by molar-refractivity contribution is -0.179. The second-order valence-corrected chi connectivity index (χ2v) is 6.42. The Labute approximate surface area is 104 Å². The van der Waals surface area contributed by atoms with Crippen LogP contribution in [0.25, 0.3) is 0 Å². The molecule has 1 saturated heterocycles. The number of aliphatic hydroxyl groups is 1. The summed E-state index contributed by atoms with van der Waals surface area (Å²) in [7, 11) is 0. The van der Waals surface area contributed by atoms with E-state index in [0.717, 1.165) is 12.5 Å². The molecule has 5 unspecified atom stereocenters. The highest BCUT2D eigenvalue weighted by molar-refractivity contribution is 5.18. The molecule has 98 valence electrons. The predicted octanol–water partition coefficient (Wildman–Crippen LogP) is 1.55. The molecule has 5 atom stereocenters. The summed E-state index contributed by atoms with van der Waals surface area (Å²) in [6.45, 7) is 5.56. The standard InChI is InChI=1S/C14H25NO2/c1-9(8-16)10(2)15-12-11-4-7-17-13(11)14(12)5-3-6-14/h9-13,15-16H,3-8H2,1-2H3. The highest BCUT2D eigenvalue weighted by atomic mass is 16.5. The third-order valence-corrected chi connectivity index (χ3v) is 5.62. The molecule has 3 heteroatoms. The molecule has 0 amide bonds. The van der Waals surface area contributed by atoms with Crippen molar-refractivity contribution in [2.24, 2.45) is 17.3 Å². The van der Waals surface area contributed by atoms with E-state index in [4.69, 9.17) is 4.74 Å². The average Bonchev–Trinajstić information content (AvgIpc) is 2.67. The van der Waals surface area contributed by atoms with Crippen LogP contribution in [-0.2, 0) is 4.74 Å². The predicted molar refractivity (Wildman–Crippen MR) is 66.8 cm³/mol. The average molecular weight is 239 g/mol. The molecule has 3 nitrogen and oxygen atoms in total. The fraction of sp³-hybridized carbons (Fsp3) is 1.00. The lowest BCUT2D eigenvalue weighted by atomic mass is 9.46. The smallest absolute Gasteiger partial charge is 0.0690 e. The van der Waals surface area contributed by atoms with Crippen LogP contribution >= 0.6 is 0 Å². The maximum absolute atomic E-state index is 9.23. The number of rotatable bonds is 4. The van der Waals surface area contributed by atoms with Gasteiger partial charge in [0.2, 0.25) is 0 Å². The van der Waals surface area contributed by atoms with Crippen LogP contribution in [0.15, 0.2) is 0 Å². The van der Waals surface area contributed by atoms with Gasteiger partial charge < -0.3 is 15.2 Å². The van der Waals surface area contributed by atoms with Crippen molar-refractivity contribution in [3.05, 3.63) is 0 Å². The molecule has 0 aromatic carbocycles. The molecule has 0 bridgehead atoms. The zero-order valence-electron chi connectivity index (χ0n) is 11.0. The molecule has 3 aliphatic rings. The topological polar surface area (TPSA) is 41.5 Å². The Kier molecular flexibility index (Phi) is 2.96.